The van der Waals surface area contributed by atoms with Crippen molar-refractivity contribution < 1.29 is 38.0 Å². The molecule has 0 bridgehead atoms. The maximum atomic E-state index is 12.5. The number of ketones is 1. The van der Waals surface area contributed by atoms with Crippen molar-refractivity contribution in [1.29, 1.82) is 0 Å². The van der Waals surface area contributed by atoms with E-state index in [-0.39, 0.29) is 31.8 Å². The molecule has 0 spiro atoms. The zero-order valence-corrected chi connectivity index (χ0v) is 19.3. The summed E-state index contributed by atoms with van der Waals surface area (Å²) in [5.41, 5.74) is 1.83. The van der Waals surface area contributed by atoms with Gasteiger partial charge in [0.2, 0.25) is 0 Å². The smallest absolute Gasteiger partial charge is 0.306 e. The van der Waals surface area contributed by atoms with E-state index < -0.39 is 43.0 Å². The summed E-state index contributed by atoms with van der Waals surface area (Å²) >= 11 is 0. The highest BCUT2D eigenvalue weighted by Crippen LogP contribution is 2.37. The average molecular weight is 471 g/mol. The van der Waals surface area contributed by atoms with Crippen molar-refractivity contribution in [3.63, 3.8) is 0 Å². The third-order valence-corrected chi connectivity index (χ3v) is 5.82. The number of rotatable bonds is 9. The number of carbonyl (C=O) groups excluding carboxylic acids is 2. The van der Waals surface area contributed by atoms with Crippen molar-refractivity contribution in [2.24, 2.45) is 0 Å². The first-order valence-electron chi connectivity index (χ1n) is 11.4. The standard InChI is InChI=1S/C26H30O8/c1-17(27)13-14-21(28)33-24-23(30-15-18-9-5-3-6-10-18)22-20(32-26(24)29-2)16-31-25(34-22)19-11-7-4-8-12-19/h3-12,20,22-26H,13-16H2,1-2H3/t20-,22-,23+,24-,25?,26+/m1/s1. The van der Waals surface area contributed by atoms with Gasteiger partial charge in [0, 0.05) is 19.1 Å². The molecule has 0 aliphatic carbocycles. The van der Waals surface area contributed by atoms with Gasteiger partial charge < -0.3 is 33.2 Å². The number of benzene rings is 2. The van der Waals surface area contributed by atoms with Crippen LogP contribution in [0, 0.1) is 0 Å². The van der Waals surface area contributed by atoms with Crippen LogP contribution >= 0.6 is 0 Å². The monoisotopic (exact) mass is 470 g/mol. The van der Waals surface area contributed by atoms with Gasteiger partial charge in [-0.05, 0) is 12.5 Å². The number of fused-ring (bicyclic) bond motifs is 1. The van der Waals surface area contributed by atoms with E-state index in [1.807, 2.05) is 60.7 Å². The molecule has 6 atom stereocenters. The van der Waals surface area contributed by atoms with Gasteiger partial charge in [-0.2, -0.15) is 0 Å². The average Bonchev–Trinajstić information content (AvgIpc) is 2.87. The minimum absolute atomic E-state index is 0.0294. The summed E-state index contributed by atoms with van der Waals surface area (Å²) in [5.74, 6) is -0.611. The first-order chi connectivity index (χ1) is 16.5. The molecule has 0 saturated carbocycles. The number of esters is 1. The molecule has 34 heavy (non-hydrogen) atoms. The molecule has 1 unspecified atom stereocenters. The van der Waals surface area contributed by atoms with Crippen LogP contribution in [0.1, 0.15) is 37.2 Å². The molecule has 0 radical (unpaired) electrons. The third kappa shape index (κ3) is 6.08. The summed E-state index contributed by atoms with van der Waals surface area (Å²) < 4.78 is 35.8. The molecule has 2 saturated heterocycles. The van der Waals surface area contributed by atoms with Crippen molar-refractivity contribution >= 4 is 11.8 Å². The second-order valence-electron chi connectivity index (χ2n) is 8.37. The maximum absolute atomic E-state index is 12.5. The van der Waals surface area contributed by atoms with Crippen molar-refractivity contribution in [1.82, 2.24) is 0 Å². The first-order valence-corrected chi connectivity index (χ1v) is 11.4. The van der Waals surface area contributed by atoms with Crippen LogP contribution < -0.4 is 0 Å². The molecule has 8 heteroatoms. The molecule has 8 nitrogen and oxygen atoms in total. The van der Waals surface area contributed by atoms with E-state index >= 15 is 0 Å². The molecule has 2 aliphatic heterocycles. The molecule has 2 aromatic carbocycles. The Morgan fingerprint density at radius 1 is 0.941 bits per heavy atom. The van der Waals surface area contributed by atoms with E-state index in [0.29, 0.717) is 0 Å². The fourth-order valence-corrected chi connectivity index (χ4v) is 4.09. The predicted octanol–water partition coefficient (Wildman–Crippen LogP) is 3.34. The number of hydrogen-bond donors (Lipinski definition) is 0. The highest BCUT2D eigenvalue weighted by atomic mass is 16.8. The first kappa shape index (κ1) is 24.5. The highest BCUT2D eigenvalue weighted by molar-refractivity contribution is 5.81. The molecule has 2 fully saturated rings. The molecular formula is C26H30O8. The Kier molecular flexibility index (Phi) is 8.42. The Morgan fingerprint density at radius 2 is 1.65 bits per heavy atom. The van der Waals surface area contributed by atoms with Crippen LogP contribution in [0.15, 0.2) is 60.7 Å². The van der Waals surface area contributed by atoms with Crippen LogP contribution in [0.3, 0.4) is 0 Å². The Balaban J connectivity index is 1.56. The summed E-state index contributed by atoms with van der Waals surface area (Å²) in [4.78, 5) is 23.9. The molecule has 4 rings (SSSR count). The lowest BCUT2D eigenvalue weighted by atomic mass is 9.97. The molecule has 2 heterocycles. The topological polar surface area (TPSA) is 89.5 Å². The molecule has 0 N–H and O–H groups in total. The molecular weight excluding hydrogens is 440 g/mol. The fraction of sp³-hybridized carbons (Fsp3) is 0.462. The van der Waals surface area contributed by atoms with E-state index in [0.717, 1.165) is 11.1 Å². The number of Topliss-reactive ketones (excluding diaryl/α,β-unsaturated/α-hetero) is 1. The van der Waals surface area contributed by atoms with E-state index in [1.165, 1.54) is 14.0 Å². The Hall–Kier alpha value is -2.62. The van der Waals surface area contributed by atoms with Gasteiger partial charge in [-0.3, -0.25) is 4.79 Å². The lowest BCUT2D eigenvalue weighted by Crippen LogP contribution is -2.63. The molecule has 0 amide bonds. The van der Waals surface area contributed by atoms with E-state index in [9.17, 15) is 9.59 Å². The van der Waals surface area contributed by atoms with Crippen LogP contribution in [0.2, 0.25) is 0 Å². The van der Waals surface area contributed by atoms with Gasteiger partial charge in [-0.25, -0.2) is 0 Å². The zero-order valence-electron chi connectivity index (χ0n) is 19.3. The third-order valence-electron chi connectivity index (χ3n) is 5.82. The van der Waals surface area contributed by atoms with Crippen molar-refractivity contribution in [2.45, 2.75) is 63.4 Å². The second-order valence-corrected chi connectivity index (χ2v) is 8.37. The second kappa shape index (κ2) is 11.7. The van der Waals surface area contributed by atoms with E-state index in [1.54, 1.807) is 0 Å². The fourth-order valence-electron chi connectivity index (χ4n) is 4.09. The van der Waals surface area contributed by atoms with Crippen LogP contribution in [-0.2, 0) is 44.6 Å². The number of ether oxygens (including phenoxy) is 6. The van der Waals surface area contributed by atoms with Gasteiger partial charge in [-0.15, -0.1) is 0 Å². The lowest BCUT2D eigenvalue weighted by Gasteiger charge is -2.48. The molecule has 182 valence electrons. The van der Waals surface area contributed by atoms with Crippen LogP contribution in [-0.4, -0.2) is 56.2 Å². The normalized spacial score (nSPS) is 28.6. The Labute approximate surface area is 199 Å². The summed E-state index contributed by atoms with van der Waals surface area (Å²) in [6.07, 6.45) is -4.02. The minimum Gasteiger partial charge on any atom is -0.454 e. The van der Waals surface area contributed by atoms with Gasteiger partial charge >= 0.3 is 5.97 Å². The van der Waals surface area contributed by atoms with Gasteiger partial charge in [-0.1, -0.05) is 60.7 Å². The zero-order chi connectivity index (χ0) is 23.9. The summed E-state index contributed by atoms with van der Waals surface area (Å²) in [6.45, 7) is 1.98. The predicted molar refractivity (Wildman–Crippen MR) is 120 cm³/mol. The van der Waals surface area contributed by atoms with Gasteiger partial charge in [0.25, 0.3) is 0 Å². The van der Waals surface area contributed by atoms with Gasteiger partial charge in [0.15, 0.2) is 18.7 Å². The summed E-state index contributed by atoms with van der Waals surface area (Å²) in [5, 5.41) is 0. The lowest BCUT2D eigenvalue weighted by molar-refractivity contribution is -0.364. The van der Waals surface area contributed by atoms with Gasteiger partial charge in [0.1, 0.15) is 24.1 Å². The summed E-state index contributed by atoms with van der Waals surface area (Å²) in [6, 6.07) is 19.3. The Bertz CT molecular complexity index is 934. The number of carbonyl (C=O) groups is 2. The SMILES string of the molecule is CO[C@H]1O[C@@H]2COC(c3ccccc3)O[C@H]2[C@H](OCc2ccccc2)[C@H]1OC(=O)CCC(C)=O. The van der Waals surface area contributed by atoms with Crippen molar-refractivity contribution in [3.05, 3.63) is 71.8 Å². The van der Waals surface area contributed by atoms with Crippen LogP contribution in [0.4, 0.5) is 0 Å². The van der Waals surface area contributed by atoms with E-state index in [4.69, 9.17) is 28.4 Å². The Morgan fingerprint density at radius 3 is 2.32 bits per heavy atom. The molecule has 2 aromatic rings. The number of methoxy groups -OCH3 is 1. The highest BCUT2D eigenvalue weighted by Gasteiger charge is 2.52. The van der Waals surface area contributed by atoms with Crippen LogP contribution in [0.5, 0.6) is 0 Å². The largest absolute Gasteiger partial charge is 0.454 e. The summed E-state index contributed by atoms with van der Waals surface area (Å²) in [7, 11) is 1.48. The molecule has 2 aliphatic rings. The van der Waals surface area contributed by atoms with Crippen molar-refractivity contribution in [2.75, 3.05) is 13.7 Å². The quantitative estimate of drug-likeness (QED) is 0.516. The molecule has 0 aromatic heterocycles. The van der Waals surface area contributed by atoms with Gasteiger partial charge in [0.05, 0.1) is 19.6 Å². The number of hydrogen-bond acceptors (Lipinski definition) is 8. The minimum atomic E-state index is -0.885. The van der Waals surface area contributed by atoms with Crippen molar-refractivity contribution in [3.8, 4) is 0 Å². The maximum Gasteiger partial charge on any atom is 0.306 e. The van der Waals surface area contributed by atoms with Crippen LogP contribution in [0.25, 0.3) is 0 Å². The van der Waals surface area contributed by atoms with E-state index in [2.05, 4.69) is 0 Å².